The lowest BCUT2D eigenvalue weighted by Crippen LogP contribution is -1.94. The maximum Gasteiger partial charge on any atom is 0.134 e. The average Bonchev–Trinajstić information content (AvgIpc) is 2.19. The largest absolute Gasteiger partial charge is 0.497 e. The van der Waals surface area contributed by atoms with Crippen LogP contribution in [0.3, 0.4) is 0 Å². The van der Waals surface area contributed by atoms with Crippen LogP contribution in [0.25, 0.3) is 10.9 Å². The van der Waals surface area contributed by atoms with E-state index in [2.05, 4.69) is 25.9 Å². The zero-order valence-corrected chi connectivity index (χ0v) is 9.08. The van der Waals surface area contributed by atoms with E-state index in [4.69, 9.17) is 10.5 Å². The van der Waals surface area contributed by atoms with E-state index in [1.54, 1.807) is 7.11 Å². The normalized spacial score (nSPS) is 10.4. The van der Waals surface area contributed by atoms with Crippen LogP contribution in [0, 0.1) is 0 Å². The van der Waals surface area contributed by atoms with Crippen molar-refractivity contribution in [2.75, 3.05) is 12.8 Å². The van der Waals surface area contributed by atoms with E-state index in [-0.39, 0.29) is 0 Å². The van der Waals surface area contributed by atoms with E-state index in [9.17, 15) is 0 Å². The number of aromatic nitrogens is 2. The lowest BCUT2D eigenvalue weighted by Gasteiger charge is -2.05. The first-order valence-electron chi connectivity index (χ1n) is 3.96. The van der Waals surface area contributed by atoms with Crippen LogP contribution in [0.15, 0.2) is 22.9 Å². The van der Waals surface area contributed by atoms with Crippen LogP contribution >= 0.6 is 15.9 Å². The Morgan fingerprint density at radius 2 is 2.14 bits per heavy atom. The monoisotopic (exact) mass is 253 g/mol. The fourth-order valence-corrected chi connectivity index (χ4v) is 1.78. The fraction of sp³-hybridized carbons (Fsp3) is 0.111. The summed E-state index contributed by atoms with van der Waals surface area (Å²) in [5, 5.41) is 0.790. The van der Waals surface area contributed by atoms with Crippen LogP contribution in [0.5, 0.6) is 5.75 Å². The summed E-state index contributed by atoms with van der Waals surface area (Å²) in [5.41, 5.74) is 6.51. The lowest BCUT2D eigenvalue weighted by molar-refractivity contribution is 0.415. The first-order chi connectivity index (χ1) is 6.72. The minimum Gasteiger partial charge on any atom is -0.497 e. The molecule has 0 unspecified atom stereocenters. The molecule has 0 fully saturated rings. The van der Waals surface area contributed by atoms with E-state index < -0.39 is 0 Å². The molecule has 0 bridgehead atoms. The Bertz CT molecular complexity index is 487. The molecule has 2 aromatic rings. The number of fused-ring (bicyclic) bond motifs is 1. The number of rotatable bonds is 1. The third-order valence-electron chi connectivity index (χ3n) is 1.93. The minimum absolute atomic E-state index is 0.453. The Morgan fingerprint density at radius 3 is 2.86 bits per heavy atom. The molecule has 2 rings (SSSR count). The Hall–Kier alpha value is -1.36. The maximum absolute atomic E-state index is 5.72. The molecule has 0 amide bonds. The van der Waals surface area contributed by atoms with Crippen molar-refractivity contribution in [3.05, 3.63) is 22.9 Å². The predicted octanol–water partition coefficient (Wildman–Crippen LogP) is 1.98. The van der Waals surface area contributed by atoms with Gasteiger partial charge in [0.15, 0.2) is 0 Å². The van der Waals surface area contributed by atoms with E-state index >= 15 is 0 Å². The number of nitrogens with zero attached hydrogens (tertiary/aromatic N) is 2. The third kappa shape index (κ3) is 1.39. The minimum atomic E-state index is 0.453. The highest BCUT2D eigenvalue weighted by molar-refractivity contribution is 9.10. The number of anilines is 1. The third-order valence-corrected chi connectivity index (χ3v) is 2.54. The molecule has 1 heterocycles. The van der Waals surface area contributed by atoms with Crippen molar-refractivity contribution >= 4 is 32.7 Å². The van der Waals surface area contributed by atoms with Crippen molar-refractivity contribution in [3.63, 3.8) is 0 Å². The van der Waals surface area contributed by atoms with Gasteiger partial charge in [-0.15, -0.1) is 0 Å². The molecule has 2 N–H and O–H groups in total. The molecular formula is C9H8BrN3O. The molecule has 5 heteroatoms. The van der Waals surface area contributed by atoms with Crippen molar-refractivity contribution in [1.29, 1.82) is 0 Å². The van der Waals surface area contributed by atoms with Gasteiger partial charge in [0, 0.05) is 9.86 Å². The number of halogens is 1. The van der Waals surface area contributed by atoms with Crippen molar-refractivity contribution < 1.29 is 4.74 Å². The van der Waals surface area contributed by atoms with Crippen LogP contribution in [0.4, 0.5) is 5.82 Å². The van der Waals surface area contributed by atoms with E-state index in [1.165, 1.54) is 6.33 Å². The first kappa shape index (κ1) is 9.21. The summed E-state index contributed by atoms with van der Waals surface area (Å²) in [6, 6.07) is 3.66. The van der Waals surface area contributed by atoms with Gasteiger partial charge in [0.25, 0.3) is 0 Å². The number of hydrogen-bond acceptors (Lipinski definition) is 4. The van der Waals surface area contributed by atoms with Crippen LogP contribution in [0.1, 0.15) is 0 Å². The second-order valence-electron chi connectivity index (χ2n) is 2.76. The highest BCUT2D eigenvalue weighted by Crippen LogP contribution is 2.29. The van der Waals surface area contributed by atoms with Crippen molar-refractivity contribution in [2.24, 2.45) is 0 Å². The number of nitrogens with two attached hydrogens (primary N) is 1. The Balaban J connectivity index is 2.83. The first-order valence-corrected chi connectivity index (χ1v) is 4.75. The van der Waals surface area contributed by atoms with Gasteiger partial charge in [-0.1, -0.05) is 0 Å². The van der Waals surface area contributed by atoms with Gasteiger partial charge < -0.3 is 10.5 Å². The Labute approximate surface area is 89.2 Å². The average molecular weight is 254 g/mol. The standard InChI is InChI=1S/C9H8BrN3O/c1-14-5-2-6-8(7(10)3-5)12-4-13-9(6)11/h2-4H,1H3,(H2,11,12,13). The molecule has 0 aliphatic rings. The van der Waals surface area contributed by atoms with E-state index in [0.717, 1.165) is 21.1 Å². The number of ether oxygens (including phenoxy) is 1. The summed E-state index contributed by atoms with van der Waals surface area (Å²) in [5.74, 6) is 1.18. The summed E-state index contributed by atoms with van der Waals surface area (Å²) in [6.07, 6.45) is 1.44. The molecule has 0 saturated heterocycles. The van der Waals surface area contributed by atoms with E-state index in [0.29, 0.717) is 5.82 Å². The second-order valence-corrected chi connectivity index (χ2v) is 3.62. The van der Waals surface area contributed by atoms with Gasteiger partial charge in [0.2, 0.25) is 0 Å². The van der Waals surface area contributed by atoms with E-state index in [1.807, 2.05) is 12.1 Å². The fourth-order valence-electron chi connectivity index (χ4n) is 1.24. The molecule has 4 nitrogen and oxygen atoms in total. The number of nitrogen functional groups attached to an aromatic ring is 1. The Morgan fingerprint density at radius 1 is 1.36 bits per heavy atom. The molecule has 1 aromatic carbocycles. The number of hydrogen-bond donors (Lipinski definition) is 1. The molecule has 72 valence electrons. The van der Waals surface area contributed by atoms with Crippen LogP contribution in [-0.2, 0) is 0 Å². The lowest BCUT2D eigenvalue weighted by atomic mass is 10.2. The van der Waals surface area contributed by atoms with Crippen molar-refractivity contribution in [2.45, 2.75) is 0 Å². The highest BCUT2D eigenvalue weighted by Gasteiger charge is 2.06. The quantitative estimate of drug-likeness (QED) is 0.845. The number of benzene rings is 1. The molecular weight excluding hydrogens is 246 g/mol. The number of methoxy groups -OCH3 is 1. The SMILES string of the molecule is COc1cc(Br)c2ncnc(N)c2c1. The van der Waals surface area contributed by atoms with Crippen LogP contribution < -0.4 is 10.5 Å². The van der Waals surface area contributed by atoms with Gasteiger partial charge >= 0.3 is 0 Å². The molecule has 0 radical (unpaired) electrons. The maximum atomic E-state index is 5.72. The van der Waals surface area contributed by atoms with Gasteiger partial charge in [-0.05, 0) is 28.1 Å². The zero-order chi connectivity index (χ0) is 10.1. The Kier molecular flexibility index (Phi) is 2.25. The molecule has 0 spiro atoms. The van der Waals surface area contributed by atoms with Crippen LogP contribution in [-0.4, -0.2) is 17.1 Å². The molecule has 0 atom stereocenters. The van der Waals surface area contributed by atoms with Gasteiger partial charge in [0.1, 0.15) is 17.9 Å². The summed E-state index contributed by atoms with van der Waals surface area (Å²) in [4.78, 5) is 8.04. The summed E-state index contributed by atoms with van der Waals surface area (Å²) < 4.78 is 5.97. The van der Waals surface area contributed by atoms with Crippen LogP contribution in [0.2, 0.25) is 0 Å². The molecule has 1 aromatic heterocycles. The summed E-state index contributed by atoms with van der Waals surface area (Å²) in [7, 11) is 1.60. The summed E-state index contributed by atoms with van der Waals surface area (Å²) in [6.45, 7) is 0. The molecule has 0 saturated carbocycles. The van der Waals surface area contributed by atoms with Gasteiger partial charge in [0.05, 0.1) is 12.6 Å². The molecule has 14 heavy (non-hydrogen) atoms. The summed E-state index contributed by atoms with van der Waals surface area (Å²) >= 11 is 3.40. The predicted molar refractivity (Wildman–Crippen MR) is 58.2 cm³/mol. The van der Waals surface area contributed by atoms with Gasteiger partial charge in [-0.2, -0.15) is 0 Å². The topological polar surface area (TPSA) is 61.0 Å². The van der Waals surface area contributed by atoms with Gasteiger partial charge in [-0.25, -0.2) is 9.97 Å². The molecule has 0 aliphatic heterocycles. The zero-order valence-electron chi connectivity index (χ0n) is 7.49. The van der Waals surface area contributed by atoms with Crippen molar-refractivity contribution in [1.82, 2.24) is 9.97 Å². The molecule has 0 aliphatic carbocycles. The second kappa shape index (κ2) is 3.42. The highest BCUT2D eigenvalue weighted by atomic mass is 79.9. The van der Waals surface area contributed by atoms with Gasteiger partial charge in [-0.3, -0.25) is 0 Å². The van der Waals surface area contributed by atoms with Crippen molar-refractivity contribution in [3.8, 4) is 5.75 Å². The smallest absolute Gasteiger partial charge is 0.134 e.